The molecule has 1 amide bonds. The van der Waals surface area contributed by atoms with Gasteiger partial charge in [-0.2, -0.15) is 10.1 Å². The van der Waals surface area contributed by atoms with Gasteiger partial charge in [0.05, 0.1) is 0 Å². The standard InChI is InChI=1S/C9H10N6O3/c1-14-3-5(7(17)15(2)9(14)18)6(16)12-8-10-4-11-13-8/h3-4H,1-2H3,(H2,10,11,12,13,16). The molecule has 2 aromatic heterocycles. The number of anilines is 1. The largest absolute Gasteiger partial charge is 0.330 e. The Morgan fingerprint density at radius 1 is 1.39 bits per heavy atom. The summed E-state index contributed by atoms with van der Waals surface area (Å²) in [7, 11) is 2.75. The van der Waals surface area contributed by atoms with Gasteiger partial charge < -0.3 is 4.57 Å². The smallest absolute Gasteiger partial charge is 0.303 e. The summed E-state index contributed by atoms with van der Waals surface area (Å²) in [5.74, 6) is -0.543. The number of nitrogens with one attached hydrogen (secondary N) is 2. The Kier molecular flexibility index (Phi) is 2.80. The van der Waals surface area contributed by atoms with Crippen molar-refractivity contribution in [1.29, 1.82) is 0 Å². The molecule has 2 N–H and O–H groups in total. The van der Waals surface area contributed by atoms with Gasteiger partial charge in [0.2, 0.25) is 5.95 Å². The van der Waals surface area contributed by atoms with Crippen molar-refractivity contribution in [2.24, 2.45) is 14.1 Å². The number of aryl methyl sites for hydroxylation is 1. The van der Waals surface area contributed by atoms with E-state index >= 15 is 0 Å². The summed E-state index contributed by atoms with van der Waals surface area (Å²) in [4.78, 5) is 38.7. The zero-order valence-corrected chi connectivity index (χ0v) is 9.67. The minimum absolute atomic E-state index is 0.121. The summed E-state index contributed by atoms with van der Waals surface area (Å²) in [5, 5.41) is 8.33. The average molecular weight is 250 g/mol. The predicted octanol–water partition coefficient (Wildman–Crippen LogP) is -1.55. The third-order valence-corrected chi connectivity index (χ3v) is 2.34. The third kappa shape index (κ3) is 1.93. The first kappa shape index (κ1) is 11.8. The van der Waals surface area contributed by atoms with Gasteiger partial charge in [-0.25, -0.2) is 9.89 Å². The fraction of sp³-hybridized carbons (Fsp3) is 0.222. The van der Waals surface area contributed by atoms with Crippen LogP contribution in [0.1, 0.15) is 10.4 Å². The van der Waals surface area contributed by atoms with Crippen molar-refractivity contribution in [1.82, 2.24) is 24.3 Å². The number of hydrogen-bond acceptors (Lipinski definition) is 5. The quantitative estimate of drug-likeness (QED) is 0.670. The highest BCUT2D eigenvalue weighted by atomic mass is 16.2. The fourth-order valence-electron chi connectivity index (χ4n) is 1.40. The average Bonchev–Trinajstić information content (AvgIpc) is 2.83. The first-order chi connectivity index (χ1) is 8.50. The van der Waals surface area contributed by atoms with Crippen LogP contribution in [0.3, 0.4) is 0 Å². The molecule has 2 heterocycles. The minimum Gasteiger partial charge on any atom is -0.303 e. The maximum atomic E-state index is 11.8. The molecular formula is C9H10N6O3. The topological polar surface area (TPSA) is 115 Å². The SMILES string of the molecule is Cn1cc(C(=O)Nc2ncn[nH]2)c(=O)n(C)c1=O. The lowest BCUT2D eigenvalue weighted by atomic mass is 10.3. The highest BCUT2D eigenvalue weighted by Crippen LogP contribution is 1.97. The Bertz CT molecular complexity index is 696. The molecule has 0 radical (unpaired) electrons. The Morgan fingerprint density at radius 3 is 2.72 bits per heavy atom. The molecule has 0 fully saturated rings. The van der Waals surface area contributed by atoms with E-state index in [1.54, 1.807) is 0 Å². The number of carbonyl (C=O) groups is 1. The molecule has 0 saturated heterocycles. The van der Waals surface area contributed by atoms with Crippen LogP contribution in [0, 0.1) is 0 Å². The molecule has 94 valence electrons. The van der Waals surface area contributed by atoms with Gasteiger partial charge in [-0.15, -0.1) is 0 Å². The highest BCUT2D eigenvalue weighted by Gasteiger charge is 2.15. The van der Waals surface area contributed by atoms with E-state index < -0.39 is 17.2 Å². The summed E-state index contributed by atoms with van der Waals surface area (Å²) in [5.41, 5.74) is -1.33. The van der Waals surface area contributed by atoms with Crippen molar-refractivity contribution in [3.8, 4) is 0 Å². The lowest BCUT2D eigenvalue weighted by Gasteiger charge is -2.05. The van der Waals surface area contributed by atoms with Gasteiger partial charge in [0.1, 0.15) is 11.9 Å². The molecule has 9 heteroatoms. The van der Waals surface area contributed by atoms with Crippen LogP contribution in [0.4, 0.5) is 5.95 Å². The molecule has 0 unspecified atom stereocenters. The van der Waals surface area contributed by atoms with Crippen LogP contribution in [-0.2, 0) is 14.1 Å². The van der Waals surface area contributed by atoms with Crippen molar-refractivity contribution >= 4 is 11.9 Å². The molecule has 0 bridgehead atoms. The molecular weight excluding hydrogens is 240 g/mol. The van der Waals surface area contributed by atoms with Crippen molar-refractivity contribution < 1.29 is 4.79 Å². The van der Waals surface area contributed by atoms with Gasteiger partial charge in [-0.3, -0.25) is 19.5 Å². The van der Waals surface area contributed by atoms with E-state index in [9.17, 15) is 14.4 Å². The van der Waals surface area contributed by atoms with Gasteiger partial charge in [-0.05, 0) is 0 Å². The summed E-state index contributed by atoms with van der Waals surface area (Å²) >= 11 is 0. The molecule has 2 rings (SSSR count). The summed E-state index contributed by atoms with van der Waals surface area (Å²) in [6, 6.07) is 0. The first-order valence-corrected chi connectivity index (χ1v) is 4.94. The van der Waals surface area contributed by atoms with E-state index in [2.05, 4.69) is 20.5 Å². The predicted molar refractivity (Wildman–Crippen MR) is 61.3 cm³/mol. The maximum Gasteiger partial charge on any atom is 0.330 e. The molecule has 18 heavy (non-hydrogen) atoms. The molecule has 0 aliphatic heterocycles. The number of amides is 1. The Labute approximate surface area is 100 Å². The number of rotatable bonds is 2. The van der Waals surface area contributed by atoms with Crippen LogP contribution in [0.5, 0.6) is 0 Å². The third-order valence-electron chi connectivity index (χ3n) is 2.34. The molecule has 2 aromatic rings. The Hall–Kier alpha value is -2.71. The molecule has 0 aromatic carbocycles. The van der Waals surface area contributed by atoms with Crippen molar-refractivity contribution in [3.63, 3.8) is 0 Å². The minimum atomic E-state index is -0.671. The second kappa shape index (κ2) is 4.28. The zero-order valence-electron chi connectivity index (χ0n) is 9.67. The molecule has 0 aliphatic rings. The number of aromatic amines is 1. The summed E-state index contributed by atoms with van der Waals surface area (Å²) < 4.78 is 2.01. The van der Waals surface area contributed by atoms with Crippen LogP contribution in [-0.4, -0.2) is 30.2 Å². The van der Waals surface area contributed by atoms with Gasteiger partial charge >= 0.3 is 5.69 Å². The fourth-order valence-corrected chi connectivity index (χ4v) is 1.40. The summed E-state index contributed by atoms with van der Waals surface area (Å²) in [6.45, 7) is 0. The monoisotopic (exact) mass is 250 g/mol. The number of nitrogens with zero attached hydrogens (tertiary/aromatic N) is 4. The molecule has 9 nitrogen and oxygen atoms in total. The number of carbonyl (C=O) groups excluding carboxylic acids is 1. The second-order valence-corrected chi connectivity index (χ2v) is 3.59. The molecule has 0 atom stereocenters. The maximum absolute atomic E-state index is 11.8. The van der Waals surface area contributed by atoms with Crippen LogP contribution in [0.15, 0.2) is 22.1 Å². The van der Waals surface area contributed by atoms with Gasteiger partial charge in [0.25, 0.3) is 11.5 Å². The number of H-pyrrole nitrogens is 1. The van der Waals surface area contributed by atoms with E-state index in [1.165, 1.54) is 26.6 Å². The Morgan fingerprint density at radius 2 is 2.11 bits per heavy atom. The zero-order chi connectivity index (χ0) is 13.3. The van der Waals surface area contributed by atoms with Crippen molar-refractivity contribution in [2.45, 2.75) is 0 Å². The van der Waals surface area contributed by atoms with E-state index in [0.29, 0.717) is 0 Å². The number of aromatic nitrogens is 5. The lowest BCUT2D eigenvalue weighted by molar-refractivity contribution is 0.102. The van der Waals surface area contributed by atoms with Gasteiger partial charge in [0.15, 0.2) is 0 Å². The molecule has 0 saturated carbocycles. The van der Waals surface area contributed by atoms with E-state index in [1.807, 2.05) is 0 Å². The van der Waals surface area contributed by atoms with Crippen LogP contribution < -0.4 is 16.6 Å². The summed E-state index contributed by atoms with van der Waals surface area (Å²) in [6.07, 6.45) is 2.39. The number of hydrogen-bond donors (Lipinski definition) is 2. The van der Waals surface area contributed by atoms with Gasteiger partial charge in [-0.1, -0.05) is 0 Å². The van der Waals surface area contributed by atoms with E-state index in [0.717, 1.165) is 9.13 Å². The van der Waals surface area contributed by atoms with Crippen molar-refractivity contribution in [3.05, 3.63) is 38.9 Å². The second-order valence-electron chi connectivity index (χ2n) is 3.59. The van der Waals surface area contributed by atoms with E-state index in [4.69, 9.17) is 0 Å². The lowest BCUT2D eigenvalue weighted by Crippen LogP contribution is -2.40. The van der Waals surface area contributed by atoms with Gasteiger partial charge in [0, 0.05) is 20.3 Å². The van der Waals surface area contributed by atoms with Crippen LogP contribution in [0.25, 0.3) is 0 Å². The molecule has 0 spiro atoms. The Balaban J connectivity index is 2.43. The van der Waals surface area contributed by atoms with Crippen molar-refractivity contribution in [2.75, 3.05) is 5.32 Å². The molecule has 0 aliphatic carbocycles. The van der Waals surface area contributed by atoms with Crippen LogP contribution >= 0.6 is 0 Å². The van der Waals surface area contributed by atoms with E-state index in [-0.39, 0.29) is 11.5 Å². The first-order valence-electron chi connectivity index (χ1n) is 4.94. The highest BCUT2D eigenvalue weighted by molar-refractivity contribution is 6.02. The normalized spacial score (nSPS) is 10.3. The van der Waals surface area contributed by atoms with Crippen LogP contribution in [0.2, 0.25) is 0 Å².